The van der Waals surface area contributed by atoms with Crippen LogP contribution in [0, 0.1) is 5.92 Å². The molecule has 0 aromatic carbocycles. The first kappa shape index (κ1) is 20.3. The van der Waals surface area contributed by atoms with Gasteiger partial charge in [0.25, 0.3) is 0 Å². The van der Waals surface area contributed by atoms with E-state index in [4.69, 9.17) is 4.98 Å². The Balaban J connectivity index is 2.90. The van der Waals surface area contributed by atoms with Crippen molar-refractivity contribution in [2.75, 3.05) is 0 Å². The lowest BCUT2D eigenvalue weighted by Crippen LogP contribution is -2.19. The van der Waals surface area contributed by atoms with Gasteiger partial charge < -0.3 is 4.98 Å². The third kappa shape index (κ3) is 6.31. The van der Waals surface area contributed by atoms with Crippen molar-refractivity contribution in [2.24, 2.45) is 5.92 Å². The highest BCUT2D eigenvalue weighted by Crippen LogP contribution is 2.32. The van der Waals surface area contributed by atoms with Gasteiger partial charge >= 0.3 is 0 Å². The maximum atomic E-state index is 5.04. The molecule has 0 amide bonds. The number of hydrogen-bond donors (Lipinski definition) is 1. The molecule has 1 unspecified atom stereocenters. The molecule has 0 aliphatic rings. The van der Waals surface area contributed by atoms with Gasteiger partial charge in [-0.1, -0.05) is 74.1 Å². The van der Waals surface area contributed by atoms with Gasteiger partial charge in [0.05, 0.1) is 5.69 Å². The number of H-pyrrole nitrogens is 1. The van der Waals surface area contributed by atoms with E-state index in [-0.39, 0.29) is 5.41 Å². The number of imidazole rings is 1. The van der Waals surface area contributed by atoms with Crippen molar-refractivity contribution in [3.8, 4) is 0 Å². The average molecular weight is 321 g/mol. The molecule has 2 nitrogen and oxygen atoms in total. The van der Waals surface area contributed by atoms with Gasteiger partial charge in [-0.3, -0.25) is 0 Å². The first-order valence-corrected chi connectivity index (χ1v) is 9.91. The number of rotatable bonds is 11. The highest BCUT2D eigenvalue weighted by Gasteiger charge is 2.27. The smallest absolute Gasteiger partial charge is 0.109 e. The molecule has 1 rings (SSSR count). The lowest BCUT2D eigenvalue weighted by atomic mass is 9.83. The normalized spacial score (nSPS) is 13.7. The van der Waals surface area contributed by atoms with Gasteiger partial charge in [0.1, 0.15) is 5.82 Å². The second kappa shape index (κ2) is 9.49. The Kier molecular flexibility index (Phi) is 8.36. The van der Waals surface area contributed by atoms with Crippen molar-refractivity contribution < 1.29 is 0 Å². The van der Waals surface area contributed by atoms with E-state index in [1.807, 2.05) is 0 Å². The van der Waals surface area contributed by atoms with Crippen molar-refractivity contribution in [3.05, 3.63) is 17.2 Å². The molecule has 1 aromatic rings. The number of nitrogens with one attached hydrogen (secondary N) is 1. The Morgan fingerprint density at radius 1 is 1.00 bits per heavy atom. The van der Waals surface area contributed by atoms with E-state index in [9.17, 15) is 0 Å². The highest BCUT2D eigenvalue weighted by molar-refractivity contribution is 5.24. The van der Waals surface area contributed by atoms with Crippen LogP contribution in [0.25, 0.3) is 0 Å². The minimum atomic E-state index is 0.208. The second-order valence-electron chi connectivity index (χ2n) is 8.41. The van der Waals surface area contributed by atoms with E-state index in [2.05, 4.69) is 53.5 Å². The monoisotopic (exact) mass is 320 g/mol. The Bertz CT molecular complexity index is 443. The van der Waals surface area contributed by atoms with E-state index in [1.165, 1.54) is 62.2 Å². The van der Waals surface area contributed by atoms with Crippen LogP contribution in [0.1, 0.15) is 117 Å². The molecule has 0 fully saturated rings. The van der Waals surface area contributed by atoms with Crippen LogP contribution in [0.2, 0.25) is 0 Å². The molecule has 0 aliphatic carbocycles. The Morgan fingerprint density at radius 2 is 1.70 bits per heavy atom. The van der Waals surface area contributed by atoms with Gasteiger partial charge in [-0.2, -0.15) is 0 Å². The summed E-state index contributed by atoms with van der Waals surface area (Å²) in [4.78, 5) is 8.77. The lowest BCUT2D eigenvalue weighted by Gasteiger charge is -2.24. The summed E-state index contributed by atoms with van der Waals surface area (Å²) in [6.45, 7) is 16.2. The number of aromatic amines is 1. The van der Waals surface area contributed by atoms with Crippen molar-refractivity contribution in [2.45, 2.75) is 111 Å². The molecular weight excluding hydrogens is 280 g/mol. The maximum Gasteiger partial charge on any atom is 0.109 e. The predicted molar refractivity (Wildman–Crippen MR) is 102 cm³/mol. The quantitative estimate of drug-likeness (QED) is 0.448. The first-order chi connectivity index (χ1) is 10.8. The minimum absolute atomic E-state index is 0.208. The first-order valence-electron chi connectivity index (χ1n) is 9.91. The van der Waals surface area contributed by atoms with Gasteiger partial charge in [-0.05, 0) is 31.6 Å². The molecule has 1 atom stereocenters. The summed E-state index contributed by atoms with van der Waals surface area (Å²) in [7, 11) is 0. The van der Waals surface area contributed by atoms with E-state index >= 15 is 0 Å². The van der Waals surface area contributed by atoms with E-state index in [0.717, 1.165) is 12.3 Å². The van der Waals surface area contributed by atoms with Crippen molar-refractivity contribution in [1.82, 2.24) is 9.97 Å². The van der Waals surface area contributed by atoms with Crippen LogP contribution >= 0.6 is 0 Å². The van der Waals surface area contributed by atoms with Crippen LogP contribution < -0.4 is 0 Å². The SMILES string of the molecule is CCCC(C)c1nc(CCCCC(C)C)c(C(C)(C)CCC)[nH]1. The second-order valence-corrected chi connectivity index (χ2v) is 8.41. The molecule has 23 heavy (non-hydrogen) atoms. The van der Waals surface area contributed by atoms with Crippen molar-refractivity contribution >= 4 is 0 Å². The van der Waals surface area contributed by atoms with E-state index in [1.54, 1.807) is 0 Å². The largest absolute Gasteiger partial charge is 0.345 e. The molecule has 0 aliphatic heterocycles. The highest BCUT2D eigenvalue weighted by atomic mass is 15.0. The number of nitrogens with zero attached hydrogens (tertiary/aromatic N) is 1. The van der Waals surface area contributed by atoms with Crippen LogP contribution in [0.5, 0.6) is 0 Å². The van der Waals surface area contributed by atoms with Crippen molar-refractivity contribution in [3.63, 3.8) is 0 Å². The third-order valence-corrected chi connectivity index (χ3v) is 4.98. The van der Waals surface area contributed by atoms with Crippen LogP contribution in [0.3, 0.4) is 0 Å². The van der Waals surface area contributed by atoms with Gasteiger partial charge in [0, 0.05) is 17.0 Å². The van der Waals surface area contributed by atoms with E-state index < -0.39 is 0 Å². The van der Waals surface area contributed by atoms with Crippen LogP contribution in [-0.2, 0) is 11.8 Å². The summed E-state index contributed by atoms with van der Waals surface area (Å²) < 4.78 is 0. The minimum Gasteiger partial charge on any atom is -0.345 e. The lowest BCUT2D eigenvalue weighted by molar-refractivity contribution is 0.453. The molecule has 1 heterocycles. The van der Waals surface area contributed by atoms with Crippen molar-refractivity contribution in [1.29, 1.82) is 0 Å². The topological polar surface area (TPSA) is 28.7 Å². The fraction of sp³-hybridized carbons (Fsp3) is 0.857. The molecule has 0 saturated carbocycles. The molecule has 0 spiro atoms. The molecule has 1 N–H and O–H groups in total. The average Bonchev–Trinajstić information content (AvgIpc) is 2.89. The maximum absolute atomic E-state index is 5.04. The number of hydrogen-bond acceptors (Lipinski definition) is 1. The zero-order valence-electron chi connectivity index (χ0n) is 16.8. The summed E-state index contributed by atoms with van der Waals surface area (Å²) in [5.74, 6) is 2.57. The van der Waals surface area contributed by atoms with Gasteiger partial charge in [-0.25, -0.2) is 4.98 Å². The Hall–Kier alpha value is -0.790. The van der Waals surface area contributed by atoms with Crippen LogP contribution in [0.15, 0.2) is 0 Å². The van der Waals surface area contributed by atoms with Gasteiger partial charge in [0.2, 0.25) is 0 Å². The molecular formula is C21H40N2. The molecule has 1 aromatic heterocycles. The standard InChI is InChI=1S/C21H40N2/c1-8-12-17(5)20-22-18(14-11-10-13-16(3)4)19(23-20)21(6,7)15-9-2/h16-17H,8-15H2,1-7H3,(H,22,23). The van der Waals surface area contributed by atoms with Gasteiger partial charge in [-0.15, -0.1) is 0 Å². The Labute approximate surface area is 144 Å². The van der Waals surface area contributed by atoms with Crippen LogP contribution in [-0.4, -0.2) is 9.97 Å². The third-order valence-electron chi connectivity index (χ3n) is 4.98. The molecule has 134 valence electrons. The zero-order chi connectivity index (χ0) is 17.5. The number of aromatic nitrogens is 2. The van der Waals surface area contributed by atoms with E-state index in [0.29, 0.717) is 5.92 Å². The fourth-order valence-electron chi connectivity index (χ4n) is 3.57. The summed E-state index contributed by atoms with van der Waals surface area (Å²) in [6, 6.07) is 0. The molecule has 2 heteroatoms. The van der Waals surface area contributed by atoms with Crippen LogP contribution in [0.4, 0.5) is 0 Å². The predicted octanol–water partition coefficient (Wildman–Crippen LogP) is 6.76. The Morgan fingerprint density at radius 3 is 2.26 bits per heavy atom. The summed E-state index contributed by atoms with van der Waals surface area (Å²) in [6.07, 6.45) is 9.92. The summed E-state index contributed by atoms with van der Waals surface area (Å²) in [5, 5.41) is 0. The van der Waals surface area contributed by atoms with Gasteiger partial charge in [0.15, 0.2) is 0 Å². The summed E-state index contributed by atoms with van der Waals surface area (Å²) in [5.41, 5.74) is 2.95. The fourth-order valence-corrected chi connectivity index (χ4v) is 3.57. The molecule has 0 radical (unpaired) electrons. The molecule has 0 saturated heterocycles. The zero-order valence-corrected chi connectivity index (χ0v) is 16.8. The summed E-state index contributed by atoms with van der Waals surface area (Å²) >= 11 is 0. The number of unbranched alkanes of at least 4 members (excludes halogenated alkanes) is 1. The molecule has 0 bridgehead atoms. The number of aryl methyl sites for hydroxylation is 1.